The predicted molar refractivity (Wildman–Crippen MR) is 90.7 cm³/mol. The highest BCUT2D eigenvalue weighted by Crippen LogP contribution is 2.34. The molecule has 0 fully saturated rings. The second-order valence-corrected chi connectivity index (χ2v) is 7.12. The summed E-state index contributed by atoms with van der Waals surface area (Å²) in [5.41, 5.74) is 4.45. The van der Waals surface area contributed by atoms with E-state index >= 15 is 0 Å². The van der Waals surface area contributed by atoms with Crippen LogP contribution in [0.2, 0.25) is 0 Å². The summed E-state index contributed by atoms with van der Waals surface area (Å²) in [5.74, 6) is 0.913. The number of hydrogen-bond acceptors (Lipinski definition) is 0. The number of fused-ring (bicyclic) bond motifs is 3. The summed E-state index contributed by atoms with van der Waals surface area (Å²) in [5, 5.41) is 1.47. The quantitative estimate of drug-likeness (QED) is 0.546. The van der Waals surface area contributed by atoms with Crippen molar-refractivity contribution in [2.24, 2.45) is 5.92 Å². The molecule has 2 aromatic rings. The molecule has 1 atom stereocenters. The average molecular weight is 367 g/mol. The minimum absolute atomic E-state index is 0.913. The van der Waals surface area contributed by atoms with Crippen LogP contribution < -0.4 is 0 Å². The van der Waals surface area contributed by atoms with Crippen LogP contribution in [0.15, 0.2) is 18.2 Å². The fourth-order valence-electron chi connectivity index (χ4n) is 3.39. The zero-order valence-corrected chi connectivity index (χ0v) is 13.8. The van der Waals surface area contributed by atoms with E-state index in [1.165, 1.54) is 65.1 Å². The molecule has 1 aliphatic carbocycles. The van der Waals surface area contributed by atoms with Crippen molar-refractivity contribution in [3.63, 3.8) is 0 Å². The second kappa shape index (κ2) is 5.86. The molecule has 2 heteroatoms. The summed E-state index contributed by atoms with van der Waals surface area (Å²) < 4.78 is 1.35. The van der Waals surface area contributed by atoms with Gasteiger partial charge in [0.2, 0.25) is 0 Å². The molecular formula is C17H22IN. The molecule has 0 radical (unpaired) electrons. The Morgan fingerprint density at radius 1 is 1.32 bits per heavy atom. The smallest absolute Gasteiger partial charge is 0.0459 e. The monoisotopic (exact) mass is 367 g/mol. The number of rotatable bonds is 4. The molecule has 1 aromatic heterocycles. The van der Waals surface area contributed by atoms with Crippen LogP contribution >= 0.6 is 22.6 Å². The van der Waals surface area contributed by atoms with E-state index in [1.54, 1.807) is 5.56 Å². The van der Waals surface area contributed by atoms with E-state index in [0.29, 0.717) is 0 Å². The Morgan fingerprint density at radius 3 is 3.05 bits per heavy atom. The molecule has 1 aliphatic rings. The lowest BCUT2D eigenvalue weighted by molar-refractivity contribution is 0.408. The van der Waals surface area contributed by atoms with Crippen molar-refractivity contribution in [2.45, 2.75) is 51.9 Å². The number of unbranched alkanes of at least 4 members (excludes halogenated alkanes) is 2. The first-order valence-corrected chi connectivity index (χ1v) is 8.64. The highest BCUT2D eigenvalue weighted by molar-refractivity contribution is 14.1. The maximum absolute atomic E-state index is 3.63. The van der Waals surface area contributed by atoms with Gasteiger partial charge < -0.3 is 4.98 Å². The normalized spacial score (nSPS) is 18.7. The van der Waals surface area contributed by atoms with E-state index < -0.39 is 0 Å². The van der Waals surface area contributed by atoms with Gasteiger partial charge in [0.05, 0.1) is 0 Å². The van der Waals surface area contributed by atoms with Gasteiger partial charge in [0.1, 0.15) is 0 Å². The van der Waals surface area contributed by atoms with Gasteiger partial charge in [-0.05, 0) is 71.5 Å². The van der Waals surface area contributed by atoms with Gasteiger partial charge >= 0.3 is 0 Å². The van der Waals surface area contributed by atoms with Gasteiger partial charge in [-0.15, -0.1) is 0 Å². The standard InChI is InChI=1S/C17H22IN/c1-2-3-4-5-12-6-8-16-14(10-12)15-11-13(18)7-9-17(15)19-16/h7,9,11-12,19H,2-6,8,10H2,1H3. The maximum Gasteiger partial charge on any atom is 0.0459 e. The van der Waals surface area contributed by atoms with Crippen molar-refractivity contribution >= 4 is 33.5 Å². The van der Waals surface area contributed by atoms with E-state index in [1.807, 2.05) is 0 Å². The van der Waals surface area contributed by atoms with Crippen molar-refractivity contribution in [1.29, 1.82) is 0 Å². The highest BCUT2D eigenvalue weighted by Gasteiger charge is 2.22. The minimum atomic E-state index is 0.913. The molecule has 0 saturated heterocycles. The molecule has 102 valence electrons. The molecule has 1 nitrogen and oxygen atoms in total. The van der Waals surface area contributed by atoms with Crippen LogP contribution in [0.3, 0.4) is 0 Å². The SMILES string of the molecule is CCCCCC1CCc2[nH]c3ccc(I)cc3c2C1. The second-order valence-electron chi connectivity index (χ2n) is 5.88. The Bertz CT molecular complexity index is 570. The van der Waals surface area contributed by atoms with E-state index in [-0.39, 0.29) is 0 Å². The van der Waals surface area contributed by atoms with Crippen molar-refractivity contribution in [3.8, 4) is 0 Å². The van der Waals surface area contributed by atoms with Gasteiger partial charge in [-0.3, -0.25) is 0 Å². The molecule has 0 spiro atoms. The predicted octanol–water partition coefficient (Wildman–Crippen LogP) is 5.46. The lowest BCUT2D eigenvalue weighted by Crippen LogP contribution is -2.13. The van der Waals surface area contributed by atoms with Crippen LogP contribution in [-0.4, -0.2) is 4.98 Å². The first-order chi connectivity index (χ1) is 9.28. The summed E-state index contributed by atoms with van der Waals surface area (Å²) in [7, 11) is 0. The number of benzene rings is 1. The van der Waals surface area contributed by atoms with Crippen LogP contribution in [0.4, 0.5) is 0 Å². The molecule has 1 unspecified atom stereocenters. The third-order valence-electron chi connectivity index (χ3n) is 4.47. The molecule has 3 rings (SSSR count). The molecule has 0 bridgehead atoms. The number of hydrogen-bond donors (Lipinski definition) is 1. The Kier molecular flexibility index (Phi) is 4.15. The van der Waals surface area contributed by atoms with Crippen molar-refractivity contribution in [1.82, 2.24) is 4.98 Å². The zero-order chi connectivity index (χ0) is 13.2. The Balaban J connectivity index is 1.82. The third-order valence-corrected chi connectivity index (χ3v) is 5.14. The summed E-state index contributed by atoms with van der Waals surface area (Å²) in [4.78, 5) is 3.63. The lowest BCUT2D eigenvalue weighted by atomic mass is 9.83. The van der Waals surface area contributed by atoms with E-state index in [0.717, 1.165) is 5.92 Å². The zero-order valence-electron chi connectivity index (χ0n) is 11.6. The van der Waals surface area contributed by atoms with E-state index in [2.05, 4.69) is 52.7 Å². The number of aromatic amines is 1. The van der Waals surface area contributed by atoms with Gasteiger partial charge in [0.25, 0.3) is 0 Å². The van der Waals surface area contributed by atoms with E-state index in [9.17, 15) is 0 Å². The van der Waals surface area contributed by atoms with Crippen molar-refractivity contribution < 1.29 is 0 Å². The summed E-state index contributed by atoms with van der Waals surface area (Å²) in [6, 6.07) is 6.78. The highest BCUT2D eigenvalue weighted by atomic mass is 127. The van der Waals surface area contributed by atoms with Gasteiger partial charge in [0, 0.05) is 20.2 Å². The molecule has 0 saturated carbocycles. The van der Waals surface area contributed by atoms with Crippen molar-refractivity contribution in [2.75, 3.05) is 0 Å². The average Bonchev–Trinajstić information content (AvgIpc) is 2.77. The fourth-order valence-corrected chi connectivity index (χ4v) is 3.88. The Hall–Kier alpha value is -0.510. The Morgan fingerprint density at radius 2 is 2.21 bits per heavy atom. The summed E-state index contributed by atoms with van der Waals surface area (Å²) >= 11 is 2.42. The Labute approximate surface area is 129 Å². The van der Waals surface area contributed by atoms with E-state index in [4.69, 9.17) is 0 Å². The summed E-state index contributed by atoms with van der Waals surface area (Å²) in [6.45, 7) is 2.29. The largest absolute Gasteiger partial charge is 0.358 e. The first-order valence-electron chi connectivity index (χ1n) is 7.57. The van der Waals surface area contributed by atoms with Crippen LogP contribution in [0, 0.1) is 9.49 Å². The molecule has 19 heavy (non-hydrogen) atoms. The first kappa shape index (κ1) is 13.5. The third kappa shape index (κ3) is 2.83. The molecule has 0 aliphatic heterocycles. The van der Waals surface area contributed by atoms with Crippen LogP contribution in [-0.2, 0) is 12.8 Å². The van der Waals surface area contributed by atoms with Gasteiger partial charge in [-0.25, -0.2) is 0 Å². The topological polar surface area (TPSA) is 15.8 Å². The number of H-pyrrole nitrogens is 1. The number of halogens is 1. The van der Waals surface area contributed by atoms with Gasteiger partial charge in [-0.2, -0.15) is 0 Å². The number of nitrogens with one attached hydrogen (secondary N) is 1. The minimum Gasteiger partial charge on any atom is -0.358 e. The van der Waals surface area contributed by atoms with Crippen molar-refractivity contribution in [3.05, 3.63) is 33.0 Å². The van der Waals surface area contributed by atoms with Crippen LogP contribution in [0.5, 0.6) is 0 Å². The molecule has 1 N–H and O–H groups in total. The fraction of sp³-hybridized carbons (Fsp3) is 0.529. The lowest BCUT2D eigenvalue weighted by Gasteiger charge is -2.22. The molecule has 1 aromatic carbocycles. The number of aromatic nitrogens is 1. The van der Waals surface area contributed by atoms with Crippen LogP contribution in [0.1, 0.15) is 50.3 Å². The summed E-state index contributed by atoms with van der Waals surface area (Å²) in [6.07, 6.45) is 9.48. The van der Waals surface area contributed by atoms with Gasteiger partial charge in [-0.1, -0.05) is 32.6 Å². The van der Waals surface area contributed by atoms with Crippen LogP contribution in [0.25, 0.3) is 10.9 Å². The molecule has 1 heterocycles. The molecular weight excluding hydrogens is 345 g/mol. The maximum atomic E-state index is 3.63. The van der Waals surface area contributed by atoms with Gasteiger partial charge in [0.15, 0.2) is 0 Å². The molecule has 0 amide bonds. The number of aryl methyl sites for hydroxylation is 1.